The van der Waals surface area contributed by atoms with Gasteiger partial charge in [-0.2, -0.15) is 0 Å². The zero-order chi connectivity index (χ0) is 11.8. The Balaban J connectivity index is 4.00. The minimum atomic E-state index is -0.344. The van der Waals surface area contributed by atoms with Gasteiger partial charge in [-0.15, -0.1) is 0 Å². The van der Waals surface area contributed by atoms with Gasteiger partial charge in [0.15, 0.2) is 0 Å². The molecule has 1 amide bonds. The largest absolute Gasteiger partial charge is 0.371 e. The number of carbonyl (C=O) groups is 1. The van der Waals surface area contributed by atoms with Gasteiger partial charge in [0.1, 0.15) is 6.10 Å². The van der Waals surface area contributed by atoms with Crippen molar-refractivity contribution >= 4 is 5.91 Å². The summed E-state index contributed by atoms with van der Waals surface area (Å²) in [6.07, 6.45) is 5.49. The molecular weight excluding hydrogens is 190 g/mol. The molecule has 0 fully saturated rings. The summed E-state index contributed by atoms with van der Waals surface area (Å²) in [5.41, 5.74) is 0. The molecule has 0 bridgehead atoms. The van der Waals surface area contributed by atoms with Crippen molar-refractivity contribution in [1.29, 1.82) is 0 Å². The molecule has 1 unspecified atom stereocenters. The molecule has 0 aromatic carbocycles. The number of rotatable bonds is 6. The van der Waals surface area contributed by atoms with E-state index in [1.807, 2.05) is 6.08 Å². The minimum Gasteiger partial charge on any atom is -0.371 e. The van der Waals surface area contributed by atoms with Gasteiger partial charge in [0, 0.05) is 27.6 Å². The first-order chi connectivity index (χ1) is 6.99. The first-order valence-electron chi connectivity index (χ1n) is 5.38. The SMILES string of the molecule is COC(C/C=C/CC(C)C)C(=O)N(C)C. The van der Waals surface area contributed by atoms with E-state index in [2.05, 4.69) is 19.9 Å². The molecule has 88 valence electrons. The van der Waals surface area contributed by atoms with Gasteiger partial charge in [0.2, 0.25) is 0 Å². The van der Waals surface area contributed by atoms with Crippen LogP contribution in [0, 0.1) is 5.92 Å². The van der Waals surface area contributed by atoms with Crippen molar-refractivity contribution in [3.63, 3.8) is 0 Å². The van der Waals surface area contributed by atoms with E-state index in [1.54, 1.807) is 26.1 Å². The summed E-state index contributed by atoms with van der Waals surface area (Å²) in [4.78, 5) is 13.1. The molecule has 0 N–H and O–H groups in total. The van der Waals surface area contributed by atoms with E-state index in [-0.39, 0.29) is 12.0 Å². The van der Waals surface area contributed by atoms with Crippen molar-refractivity contribution in [2.75, 3.05) is 21.2 Å². The van der Waals surface area contributed by atoms with Gasteiger partial charge in [-0.05, 0) is 12.3 Å². The van der Waals surface area contributed by atoms with Crippen LogP contribution in [0.15, 0.2) is 12.2 Å². The molecule has 0 saturated heterocycles. The van der Waals surface area contributed by atoms with Gasteiger partial charge >= 0.3 is 0 Å². The lowest BCUT2D eigenvalue weighted by Crippen LogP contribution is -2.34. The fourth-order valence-corrected chi connectivity index (χ4v) is 1.17. The van der Waals surface area contributed by atoms with Crippen molar-refractivity contribution in [3.8, 4) is 0 Å². The summed E-state index contributed by atoms with van der Waals surface area (Å²) in [6, 6.07) is 0. The maximum absolute atomic E-state index is 11.6. The van der Waals surface area contributed by atoms with Crippen molar-refractivity contribution in [1.82, 2.24) is 4.90 Å². The molecule has 3 nitrogen and oxygen atoms in total. The molecule has 0 spiro atoms. The van der Waals surface area contributed by atoms with Crippen LogP contribution in [0.25, 0.3) is 0 Å². The van der Waals surface area contributed by atoms with Crippen LogP contribution in [-0.4, -0.2) is 38.1 Å². The quantitative estimate of drug-likeness (QED) is 0.632. The molecule has 0 aliphatic rings. The highest BCUT2D eigenvalue weighted by Gasteiger charge is 2.17. The van der Waals surface area contributed by atoms with Crippen molar-refractivity contribution < 1.29 is 9.53 Å². The summed E-state index contributed by atoms with van der Waals surface area (Å²) in [5, 5.41) is 0. The second-order valence-electron chi connectivity index (χ2n) is 4.29. The van der Waals surface area contributed by atoms with E-state index >= 15 is 0 Å². The van der Waals surface area contributed by atoms with Crippen LogP contribution in [0.5, 0.6) is 0 Å². The molecule has 0 saturated carbocycles. The Hall–Kier alpha value is -0.830. The summed E-state index contributed by atoms with van der Waals surface area (Å²) in [6.45, 7) is 4.34. The monoisotopic (exact) mass is 213 g/mol. The number of hydrogen-bond donors (Lipinski definition) is 0. The predicted molar refractivity (Wildman–Crippen MR) is 62.7 cm³/mol. The maximum atomic E-state index is 11.6. The zero-order valence-electron chi connectivity index (χ0n) is 10.5. The third kappa shape index (κ3) is 6.28. The number of likely N-dealkylation sites (N-methyl/N-ethyl adjacent to an activating group) is 1. The zero-order valence-corrected chi connectivity index (χ0v) is 10.5. The highest BCUT2D eigenvalue weighted by Crippen LogP contribution is 2.05. The highest BCUT2D eigenvalue weighted by atomic mass is 16.5. The second kappa shape index (κ2) is 7.46. The predicted octanol–water partition coefficient (Wildman–Crippen LogP) is 2.08. The first kappa shape index (κ1) is 14.2. The van der Waals surface area contributed by atoms with Crippen molar-refractivity contribution in [3.05, 3.63) is 12.2 Å². The first-order valence-corrected chi connectivity index (χ1v) is 5.38. The van der Waals surface area contributed by atoms with Crippen LogP contribution >= 0.6 is 0 Å². The van der Waals surface area contributed by atoms with Gasteiger partial charge in [0.05, 0.1) is 0 Å². The Kier molecular flexibility index (Phi) is 7.05. The molecule has 0 aromatic heterocycles. The maximum Gasteiger partial charge on any atom is 0.251 e. The second-order valence-corrected chi connectivity index (χ2v) is 4.29. The lowest BCUT2D eigenvalue weighted by atomic mass is 10.1. The summed E-state index contributed by atoms with van der Waals surface area (Å²) >= 11 is 0. The van der Waals surface area contributed by atoms with Crippen molar-refractivity contribution in [2.24, 2.45) is 5.92 Å². The molecule has 3 heteroatoms. The fourth-order valence-electron chi connectivity index (χ4n) is 1.17. The van der Waals surface area contributed by atoms with Crippen LogP contribution in [0.3, 0.4) is 0 Å². The number of allylic oxidation sites excluding steroid dienone is 1. The molecule has 0 rings (SSSR count). The number of carbonyl (C=O) groups excluding carboxylic acids is 1. The summed E-state index contributed by atoms with van der Waals surface area (Å²) in [7, 11) is 5.06. The molecule has 15 heavy (non-hydrogen) atoms. The third-order valence-electron chi connectivity index (χ3n) is 2.13. The van der Waals surface area contributed by atoms with E-state index in [1.165, 1.54) is 0 Å². The Bertz CT molecular complexity index is 210. The topological polar surface area (TPSA) is 29.5 Å². The standard InChI is InChI=1S/C12H23NO2/c1-10(2)8-6-7-9-11(15-5)12(14)13(3)4/h6-7,10-11H,8-9H2,1-5H3/b7-6+. The Morgan fingerprint density at radius 1 is 1.27 bits per heavy atom. The Morgan fingerprint density at radius 2 is 1.80 bits per heavy atom. The van der Waals surface area contributed by atoms with Crippen LogP contribution in [0.4, 0.5) is 0 Å². The molecule has 0 aliphatic heterocycles. The van der Waals surface area contributed by atoms with Crippen molar-refractivity contribution in [2.45, 2.75) is 32.8 Å². The third-order valence-corrected chi connectivity index (χ3v) is 2.13. The van der Waals surface area contributed by atoms with E-state index in [0.29, 0.717) is 12.3 Å². The average molecular weight is 213 g/mol. The van der Waals surface area contributed by atoms with E-state index < -0.39 is 0 Å². The van der Waals surface area contributed by atoms with Crippen LogP contribution < -0.4 is 0 Å². The van der Waals surface area contributed by atoms with E-state index in [9.17, 15) is 4.79 Å². The van der Waals surface area contributed by atoms with Gasteiger partial charge < -0.3 is 9.64 Å². The Morgan fingerprint density at radius 3 is 2.20 bits per heavy atom. The average Bonchev–Trinajstić information content (AvgIpc) is 2.16. The summed E-state index contributed by atoms with van der Waals surface area (Å²) < 4.78 is 5.14. The number of hydrogen-bond acceptors (Lipinski definition) is 2. The number of amides is 1. The molecule has 0 radical (unpaired) electrons. The molecule has 0 aromatic rings. The molecule has 0 heterocycles. The number of methoxy groups -OCH3 is 1. The van der Waals surface area contributed by atoms with Crippen LogP contribution in [-0.2, 0) is 9.53 Å². The lowest BCUT2D eigenvalue weighted by Gasteiger charge is -2.17. The van der Waals surface area contributed by atoms with Crippen LogP contribution in [0.2, 0.25) is 0 Å². The fraction of sp³-hybridized carbons (Fsp3) is 0.750. The van der Waals surface area contributed by atoms with Gasteiger partial charge in [0.25, 0.3) is 5.91 Å². The van der Waals surface area contributed by atoms with E-state index in [0.717, 1.165) is 6.42 Å². The van der Waals surface area contributed by atoms with Gasteiger partial charge in [-0.1, -0.05) is 26.0 Å². The van der Waals surface area contributed by atoms with Gasteiger partial charge in [-0.25, -0.2) is 0 Å². The molecular formula is C12H23NO2. The molecule has 1 atom stereocenters. The Labute approximate surface area is 93.1 Å². The normalized spacial score (nSPS) is 13.5. The number of ether oxygens (including phenoxy) is 1. The summed E-state index contributed by atoms with van der Waals surface area (Å²) in [5.74, 6) is 0.679. The van der Waals surface area contributed by atoms with Crippen LogP contribution in [0.1, 0.15) is 26.7 Å². The highest BCUT2D eigenvalue weighted by molar-refractivity contribution is 5.80. The molecule has 0 aliphatic carbocycles. The lowest BCUT2D eigenvalue weighted by molar-refractivity contribution is -0.139. The minimum absolute atomic E-state index is 0.0201. The van der Waals surface area contributed by atoms with E-state index in [4.69, 9.17) is 4.74 Å². The smallest absolute Gasteiger partial charge is 0.251 e. The number of nitrogens with zero attached hydrogens (tertiary/aromatic N) is 1. The van der Waals surface area contributed by atoms with Gasteiger partial charge in [-0.3, -0.25) is 4.79 Å².